The summed E-state index contributed by atoms with van der Waals surface area (Å²) >= 11 is 1.18. The Morgan fingerprint density at radius 3 is 2.69 bits per heavy atom. The average molecular weight is 408 g/mol. The van der Waals surface area contributed by atoms with Crippen molar-refractivity contribution in [2.24, 2.45) is 0 Å². The van der Waals surface area contributed by atoms with Crippen LogP contribution in [-0.4, -0.2) is 20.4 Å². The molecule has 0 aliphatic rings. The van der Waals surface area contributed by atoms with Crippen molar-refractivity contribution in [2.45, 2.75) is 25.7 Å². The van der Waals surface area contributed by atoms with Crippen LogP contribution in [0.3, 0.4) is 0 Å². The standard InChI is InChI=1S/C16H15N2O4PS.2Na/c1-2-14(19)12-8-24-16(17-12)15(20)11-7-18(9-23(21)22)13-6-4-3-5-10(11)13;;/h3-8,14,19H,2,9H2,1H3;;/q-2;2*+1. The minimum absolute atomic E-state index is 0. The molecule has 0 bridgehead atoms. The Hall–Kier alpha value is 0.370. The minimum atomic E-state index is -2.61. The number of benzene rings is 1. The molecule has 1 atom stereocenters. The molecule has 1 unspecified atom stereocenters. The van der Waals surface area contributed by atoms with Gasteiger partial charge in [0.2, 0.25) is 5.78 Å². The van der Waals surface area contributed by atoms with Gasteiger partial charge in [-0.05, 0) is 12.5 Å². The zero-order valence-electron chi connectivity index (χ0n) is 14.9. The summed E-state index contributed by atoms with van der Waals surface area (Å²) in [6, 6.07) is 7.16. The molecule has 1 aromatic carbocycles. The number of fused-ring (bicyclic) bond motifs is 1. The maximum atomic E-state index is 12.8. The van der Waals surface area contributed by atoms with Crippen molar-refractivity contribution in [3.05, 3.63) is 52.1 Å². The van der Waals surface area contributed by atoms with Gasteiger partial charge in [0.1, 0.15) is 0 Å². The molecular formula is C16H15N2Na2O4PS. The van der Waals surface area contributed by atoms with Crippen LogP contribution in [0.2, 0.25) is 0 Å². The van der Waals surface area contributed by atoms with E-state index < -0.39 is 14.5 Å². The van der Waals surface area contributed by atoms with Crippen molar-refractivity contribution < 1.29 is 78.8 Å². The van der Waals surface area contributed by atoms with Crippen molar-refractivity contribution >= 4 is 36.4 Å². The molecule has 26 heavy (non-hydrogen) atoms. The summed E-state index contributed by atoms with van der Waals surface area (Å²) in [5.74, 6) is -0.273. The molecule has 0 amide bonds. The van der Waals surface area contributed by atoms with E-state index in [1.54, 1.807) is 40.4 Å². The molecule has 10 heteroatoms. The Labute approximate surface area is 200 Å². The zero-order chi connectivity index (χ0) is 17.3. The molecule has 6 nitrogen and oxygen atoms in total. The fraction of sp³-hybridized carbons (Fsp3) is 0.250. The number of nitrogens with zero attached hydrogens (tertiary/aromatic N) is 2. The first-order chi connectivity index (χ1) is 11.5. The number of aliphatic hydroxyl groups is 1. The average Bonchev–Trinajstić information content (AvgIpc) is 3.19. The van der Waals surface area contributed by atoms with Gasteiger partial charge in [0.15, 0.2) is 5.01 Å². The van der Waals surface area contributed by atoms with E-state index in [1.165, 1.54) is 11.3 Å². The number of hydrogen-bond acceptors (Lipinski definition) is 6. The van der Waals surface area contributed by atoms with Crippen molar-refractivity contribution in [1.29, 1.82) is 0 Å². The first-order valence-corrected chi connectivity index (χ1v) is 9.63. The first-order valence-electron chi connectivity index (χ1n) is 7.39. The summed E-state index contributed by atoms with van der Waals surface area (Å²) in [6.45, 7) is 1.84. The molecule has 0 fully saturated rings. The van der Waals surface area contributed by atoms with Gasteiger partial charge in [-0.3, -0.25) is 13.2 Å². The number of aromatic nitrogens is 2. The van der Waals surface area contributed by atoms with Crippen LogP contribution in [0.15, 0.2) is 35.8 Å². The van der Waals surface area contributed by atoms with Gasteiger partial charge in [0.05, 0.1) is 17.4 Å². The van der Waals surface area contributed by atoms with Crippen LogP contribution < -0.4 is 68.9 Å². The van der Waals surface area contributed by atoms with Crippen LogP contribution >= 0.6 is 19.7 Å². The summed E-state index contributed by atoms with van der Waals surface area (Å²) in [5.41, 5.74) is 1.58. The molecule has 0 saturated heterocycles. The summed E-state index contributed by atoms with van der Waals surface area (Å²) in [7, 11) is -2.61. The quantitative estimate of drug-likeness (QED) is 0.253. The van der Waals surface area contributed by atoms with E-state index in [0.717, 1.165) is 0 Å². The molecule has 3 aromatic rings. The van der Waals surface area contributed by atoms with Crippen molar-refractivity contribution in [1.82, 2.24) is 9.55 Å². The van der Waals surface area contributed by atoms with E-state index in [9.17, 15) is 19.7 Å². The van der Waals surface area contributed by atoms with E-state index in [1.807, 2.05) is 6.92 Å². The van der Waals surface area contributed by atoms with Crippen LogP contribution in [0.5, 0.6) is 0 Å². The van der Waals surface area contributed by atoms with Gasteiger partial charge >= 0.3 is 59.1 Å². The predicted octanol–water partition coefficient (Wildman–Crippen LogP) is -4.23. The Balaban J connectivity index is 0.00000169. The first kappa shape index (κ1) is 24.4. The molecule has 2 heterocycles. The summed E-state index contributed by atoms with van der Waals surface area (Å²) in [6.07, 6.45) is 1.21. The number of rotatable bonds is 6. The third-order valence-electron chi connectivity index (χ3n) is 3.75. The third-order valence-corrected chi connectivity index (χ3v) is 5.14. The van der Waals surface area contributed by atoms with Gasteiger partial charge in [-0.2, -0.15) is 0 Å². The van der Waals surface area contributed by atoms with Crippen molar-refractivity contribution in [3.63, 3.8) is 0 Å². The number of ketones is 1. The van der Waals surface area contributed by atoms with Gasteiger partial charge in [-0.15, -0.1) is 11.3 Å². The van der Waals surface area contributed by atoms with E-state index in [4.69, 9.17) is 0 Å². The fourth-order valence-corrected chi connectivity index (χ4v) is 3.84. The molecule has 0 radical (unpaired) electrons. The van der Waals surface area contributed by atoms with E-state index >= 15 is 0 Å². The topological polar surface area (TPSA) is 101 Å². The van der Waals surface area contributed by atoms with Crippen LogP contribution in [-0.2, 0) is 6.29 Å². The van der Waals surface area contributed by atoms with Gasteiger partial charge in [-0.25, -0.2) is 4.98 Å². The Morgan fingerprint density at radius 2 is 2.04 bits per heavy atom. The van der Waals surface area contributed by atoms with Crippen LogP contribution in [0.25, 0.3) is 10.9 Å². The number of aliphatic hydroxyl groups excluding tert-OH is 1. The third kappa shape index (κ3) is 5.25. The summed E-state index contributed by atoms with van der Waals surface area (Å²) in [5, 5.41) is 12.5. The van der Waals surface area contributed by atoms with Gasteiger partial charge < -0.3 is 19.5 Å². The monoisotopic (exact) mass is 408 g/mol. The zero-order valence-corrected chi connectivity index (χ0v) is 20.6. The van der Waals surface area contributed by atoms with E-state index in [2.05, 4.69) is 4.98 Å². The molecule has 2 aromatic heterocycles. The Morgan fingerprint density at radius 1 is 1.35 bits per heavy atom. The van der Waals surface area contributed by atoms with Gasteiger partial charge in [0, 0.05) is 28.8 Å². The number of carbonyl (C=O) groups excluding carboxylic acids is 1. The molecule has 3 rings (SSSR count). The van der Waals surface area contributed by atoms with Crippen molar-refractivity contribution in [3.8, 4) is 0 Å². The molecular weight excluding hydrogens is 393 g/mol. The SMILES string of the molecule is CCC(O)c1csc(C(=O)c2cn(CP([O-])[O-])c3ccccc23)n1.[Na+].[Na+]. The van der Waals surface area contributed by atoms with Crippen LogP contribution in [0.1, 0.15) is 40.5 Å². The summed E-state index contributed by atoms with van der Waals surface area (Å²) < 4.78 is 1.55. The predicted molar refractivity (Wildman–Crippen MR) is 89.7 cm³/mol. The molecule has 0 aliphatic carbocycles. The second-order valence-electron chi connectivity index (χ2n) is 5.33. The van der Waals surface area contributed by atoms with Crippen LogP contribution in [0.4, 0.5) is 0 Å². The molecule has 1 N–H and O–H groups in total. The second kappa shape index (κ2) is 10.8. The van der Waals surface area contributed by atoms with Crippen molar-refractivity contribution in [2.75, 3.05) is 0 Å². The Bertz CT molecular complexity index is 884. The fourth-order valence-electron chi connectivity index (χ4n) is 2.54. The van der Waals surface area contributed by atoms with Gasteiger partial charge in [-0.1, -0.05) is 25.1 Å². The number of thiazole rings is 1. The molecule has 0 saturated carbocycles. The van der Waals surface area contributed by atoms with Gasteiger partial charge in [0.25, 0.3) is 0 Å². The normalized spacial score (nSPS) is 11.9. The smallest absolute Gasteiger partial charge is 0.840 e. The largest absolute Gasteiger partial charge is 1.00 e. The maximum absolute atomic E-state index is 12.8. The summed E-state index contributed by atoms with van der Waals surface area (Å²) in [4.78, 5) is 39.1. The number of hydrogen-bond donors (Lipinski definition) is 1. The maximum Gasteiger partial charge on any atom is 1.00 e. The van der Waals surface area contributed by atoms with E-state index in [0.29, 0.717) is 28.6 Å². The Kier molecular flexibility index (Phi) is 10.1. The second-order valence-corrected chi connectivity index (χ2v) is 7.14. The molecule has 0 aliphatic heterocycles. The van der Waals surface area contributed by atoms with E-state index in [-0.39, 0.29) is 76.2 Å². The number of para-hydroxylation sites is 1. The van der Waals surface area contributed by atoms with Crippen LogP contribution in [0, 0.1) is 0 Å². The molecule has 126 valence electrons. The number of carbonyl (C=O) groups is 1. The molecule has 0 spiro atoms. The minimum Gasteiger partial charge on any atom is -0.840 e.